The Bertz CT molecular complexity index is 356. The normalized spacial score (nSPS) is 21.0. The van der Waals surface area contributed by atoms with Gasteiger partial charge in [-0.2, -0.15) is 0 Å². The molecule has 2 nitrogen and oxygen atoms in total. The van der Waals surface area contributed by atoms with Crippen molar-refractivity contribution in [2.24, 2.45) is 5.92 Å². The molecule has 15 heavy (non-hydrogen) atoms. The molecule has 4 heteroatoms. The van der Waals surface area contributed by atoms with Crippen LogP contribution in [0.4, 0.5) is 5.82 Å². The molecule has 0 spiro atoms. The van der Waals surface area contributed by atoms with E-state index in [1.165, 1.54) is 12.0 Å². The van der Waals surface area contributed by atoms with Gasteiger partial charge in [0.25, 0.3) is 0 Å². The molecule has 1 aromatic heterocycles. The van der Waals surface area contributed by atoms with Crippen molar-refractivity contribution in [3.63, 3.8) is 0 Å². The van der Waals surface area contributed by atoms with Gasteiger partial charge in [-0.05, 0) is 46.8 Å². The van der Waals surface area contributed by atoms with Crippen LogP contribution in [0.25, 0.3) is 0 Å². The quantitative estimate of drug-likeness (QED) is 0.777. The van der Waals surface area contributed by atoms with Gasteiger partial charge in [0.15, 0.2) is 0 Å². The highest BCUT2D eigenvalue weighted by atomic mass is 79.9. The Morgan fingerprint density at radius 3 is 3.07 bits per heavy atom. The fourth-order valence-corrected chi connectivity index (χ4v) is 2.88. The molecule has 1 aliphatic heterocycles. The minimum absolute atomic E-state index is 0.613. The third kappa shape index (κ3) is 2.45. The lowest BCUT2D eigenvalue weighted by molar-refractivity contribution is 0.666. The minimum atomic E-state index is 0.613. The van der Waals surface area contributed by atoms with Crippen LogP contribution in [0.5, 0.6) is 0 Å². The summed E-state index contributed by atoms with van der Waals surface area (Å²) in [5.41, 5.74) is 1.18. The predicted octanol–water partition coefficient (Wildman–Crippen LogP) is 3.22. The molecule has 0 radical (unpaired) electrons. The fraction of sp³-hybridized carbons (Fsp3) is 0.545. The minimum Gasteiger partial charge on any atom is -0.355 e. The molecule has 82 valence electrons. The van der Waals surface area contributed by atoms with Crippen LogP contribution in [0.2, 0.25) is 0 Å². The van der Waals surface area contributed by atoms with Gasteiger partial charge in [-0.3, -0.25) is 0 Å². The summed E-state index contributed by atoms with van der Waals surface area (Å²) in [5, 5.41) is 0. The molecule has 1 saturated heterocycles. The first kappa shape index (κ1) is 11.2. The lowest BCUT2D eigenvalue weighted by Gasteiger charge is -2.18. The van der Waals surface area contributed by atoms with Gasteiger partial charge < -0.3 is 4.90 Å². The number of pyridine rings is 1. The number of alkyl halides is 1. The third-order valence-corrected chi connectivity index (χ3v) is 3.78. The van der Waals surface area contributed by atoms with Gasteiger partial charge in [0.2, 0.25) is 0 Å². The van der Waals surface area contributed by atoms with Gasteiger partial charge in [-0.1, -0.05) is 0 Å². The summed E-state index contributed by atoms with van der Waals surface area (Å²) in [6.07, 6.45) is 3.08. The number of rotatable bonds is 2. The van der Waals surface area contributed by atoms with Crippen LogP contribution in [0.3, 0.4) is 0 Å². The predicted molar refractivity (Wildman–Crippen MR) is 67.7 cm³/mol. The first-order valence-electron chi connectivity index (χ1n) is 5.13. The van der Waals surface area contributed by atoms with Crippen molar-refractivity contribution in [3.8, 4) is 0 Å². The average Bonchev–Trinajstić information content (AvgIpc) is 2.66. The molecular weight excluding hydrogens is 275 g/mol. The maximum Gasteiger partial charge on any atom is 0.142 e. The topological polar surface area (TPSA) is 16.1 Å². The van der Waals surface area contributed by atoms with E-state index in [1.807, 2.05) is 13.1 Å². The van der Waals surface area contributed by atoms with Crippen LogP contribution in [-0.2, 0) is 0 Å². The molecular formula is C11H14BrClN2. The van der Waals surface area contributed by atoms with Crippen molar-refractivity contribution in [1.82, 2.24) is 4.98 Å². The van der Waals surface area contributed by atoms with Crippen molar-refractivity contribution in [2.45, 2.75) is 13.3 Å². The van der Waals surface area contributed by atoms with Gasteiger partial charge in [-0.25, -0.2) is 4.98 Å². The lowest BCUT2D eigenvalue weighted by Crippen LogP contribution is -2.21. The zero-order valence-electron chi connectivity index (χ0n) is 8.71. The SMILES string of the molecule is Cc1cnc(N2CCC(CCl)C2)c(Br)c1. The van der Waals surface area contributed by atoms with E-state index in [2.05, 4.69) is 31.9 Å². The Kier molecular flexibility index (Phi) is 3.52. The number of anilines is 1. The summed E-state index contributed by atoms with van der Waals surface area (Å²) < 4.78 is 1.08. The molecule has 1 atom stereocenters. The molecule has 0 aliphatic carbocycles. The molecule has 2 rings (SSSR count). The van der Waals surface area contributed by atoms with E-state index in [4.69, 9.17) is 11.6 Å². The maximum atomic E-state index is 5.87. The van der Waals surface area contributed by atoms with Crippen LogP contribution in [0, 0.1) is 12.8 Å². The molecule has 0 saturated carbocycles. The number of hydrogen-bond donors (Lipinski definition) is 0. The van der Waals surface area contributed by atoms with E-state index in [1.54, 1.807) is 0 Å². The van der Waals surface area contributed by atoms with Crippen LogP contribution >= 0.6 is 27.5 Å². The highest BCUT2D eigenvalue weighted by Crippen LogP contribution is 2.29. The van der Waals surface area contributed by atoms with E-state index in [0.717, 1.165) is 29.3 Å². The van der Waals surface area contributed by atoms with Crippen molar-refractivity contribution < 1.29 is 0 Å². The first-order valence-corrected chi connectivity index (χ1v) is 6.46. The molecule has 1 aromatic rings. The largest absolute Gasteiger partial charge is 0.355 e. The average molecular weight is 290 g/mol. The Morgan fingerprint density at radius 2 is 2.47 bits per heavy atom. The summed E-state index contributed by atoms with van der Waals surface area (Å²) in [5.74, 6) is 2.41. The summed E-state index contributed by atoms with van der Waals surface area (Å²) in [6, 6.07) is 2.11. The monoisotopic (exact) mass is 288 g/mol. The summed E-state index contributed by atoms with van der Waals surface area (Å²) in [7, 11) is 0. The van der Waals surface area contributed by atoms with Crippen LogP contribution in [-0.4, -0.2) is 24.0 Å². The second-order valence-electron chi connectivity index (χ2n) is 4.07. The maximum absolute atomic E-state index is 5.87. The Hall–Kier alpha value is -0.280. The summed E-state index contributed by atoms with van der Waals surface area (Å²) in [4.78, 5) is 6.77. The van der Waals surface area contributed by atoms with Crippen molar-refractivity contribution in [2.75, 3.05) is 23.9 Å². The van der Waals surface area contributed by atoms with Crippen molar-refractivity contribution in [3.05, 3.63) is 22.3 Å². The van der Waals surface area contributed by atoms with Gasteiger partial charge in [0, 0.05) is 25.2 Å². The van der Waals surface area contributed by atoms with E-state index in [0.29, 0.717) is 5.92 Å². The van der Waals surface area contributed by atoms with Crippen LogP contribution < -0.4 is 4.90 Å². The molecule has 1 aliphatic rings. The Balaban J connectivity index is 2.17. The molecule has 0 bridgehead atoms. The number of hydrogen-bond acceptors (Lipinski definition) is 2. The van der Waals surface area contributed by atoms with E-state index in [-0.39, 0.29) is 0 Å². The number of halogens is 2. The second-order valence-corrected chi connectivity index (χ2v) is 5.24. The summed E-state index contributed by atoms with van der Waals surface area (Å²) >= 11 is 9.43. The Morgan fingerprint density at radius 1 is 1.67 bits per heavy atom. The van der Waals surface area contributed by atoms with Crippen molar-refractivity contribution in [1.29, 1.82) is 0 Å². The van der Waals surface area contributed by atoms with Crippen LogP contribution in [0.1, 0.15) is 12.0 Å². The number of nitrogens with zero attached hydrogens (tertiary/aromatic N) is 2. The van der Waals surface area contributed by atoms with E-state index < -0.39 is 0 Å². The molecule has 0 N–H and O–H groups in total. The van der Waals surface area contributed by atoms with E-state index >= 15 is 0 Å². The fourth-order valence-electron chi connectivity index (χ4n) is 1.91. The summed E-state index contributed by atoms with van der Waals surface area (Å²) in [6.45, 7) is 4.14. The molecule has 0 aromatic carbocycles. The van der Waals surface area contributed by atoms with Gasteiger partial charge >= 0.3 is 0 Å². The standard InChI is InChI=1S/C11H14BrClN2/c1-8-4-10(12)11(14-6-8)15-3-2-9(5-13)7-15/h4,6,9H,2-3,5,7H2,1H3. The Labute approximate surface area is 104 Å². The number of aromatic nitrogens is 1. The van der Waals surface area contributed by atoms with Crippen molar-refractivity contribution >= 4 is 33.3 Å². The number of aryl methyl sites for hydroxylation is 1. The third-order valence-electron chi connectivity index (χ3n) is 2.76. The lowest BCUT2D eigenvalue weighted by atomic mass is 10.2. The highest BCUT2D eigenvalue weighted by Gasteiger charge is 2.23. The zero-order chi connectivity index (χ0) is 10.8. The molecule has 1 unspecified atom stereocenters. The van der Waals surface area contributed by atoms with Crippen LogP contribution in [0.15, 0.2) is 16.7 Å². The molecule has 0 amide bonds. The van der Waals surface area contributed by atoms with Gasteiger partial charge in [0.1, 0.15) is 5.82 Å². The zero-order valence-corrected chi connectivity index (χ0v) is 11.1. The van der Waals surface area contributed by atoms with Gasteiger partial charge in [0.05, 0.1) is 4.47 Å². The van der Waals surface area contributed by atoms with Gasteiger partial charge in [-0.15, -0.1) is 11.6 Å². The molecule has 2 heterocycles. The first-order chi connectivity index (χ1) is 7.20. The smallest absolute Gasteiger partial charge is 0.142 e. The highest BCUT2D eigenvalue weighted by molar-refractivity contribution is 9.10. The second kappa shape index (κ2) is 4.71. The molecule has 1 fully saturated rings. The van der Waals surface area contributed by atoms with E-state index in [9.17, 15) is 0 Å².